The summed E-state index contributed by atoms with van der Waals surface area (Å²) in [7, 11) is -14.9. The Hall–Kier alpha value is -0.360. The number of aliphatic hydroxyl groups excluding tert-OH is 9. The van der Waals surface area contributed by atoms with Crippen molar-refractivity contribution in [2.45, 2.75) is 348 Å². The second-order valence-corrected chi connectivity index (χ2v) is 35.0. The fourth-order valence-electron chi connectivity index (χ4n) is 13.9. The highest BCUT2D eigenvalue weighted by molar-refractivity contribution is 7.74. The Labute approximate surface area is 676 Å². The van der Waals surface area contributed by atoms with Gasteiger partial charge in [0.2, 0.25) is 0 Å². The van der Waals surface area contributed by atoms with Gasteiger partial charge in [-0.3, -0.25) is 28.8 Å². The summed E-state index contributed by atoms with van der Waals surface area (Å²) >= 11 is 0. The van der Waals surface area contributed by atoms with E-state index in [9.17, 15) is 29.0 Å². The number of unbranched alkanes of at least 4 members (excludes halogenated alkanes) is 45. The molecule has 1 heterocycles. The van der Waals surface area contributed by atoms with E-state index in [-0.39, 0.29) is 73.6 Å². The largest absolute Gasteiger partial charge is 0.490 e. The van der Waals surface area contributed by atoms with Crippen LogP contribution in [0.25, 0.3) is 0 Å². The number of hydrogen-bond acceptors (Lipinski definition) is 21. The van der Waals surface area contributed by atoms with Crippen molar-refractivity contribution in [2.75, 3.05) is 177 Å². The molecule has 0 aromatic carbocycles. The topological polar surface area (TPSA) is 341 Å². The molecule has 1 fully saturated rings. The molecule has 1 saturated heterocycles. The van der Waals surface area contributed by atoms with Gasteiger partial charge in [0.25, 0.3) is 0 Å². The number of halogens is 3. The zero-order valence-electron chi connectivity index (χ0n) is 71.2. The molecule has 678 valence electrons. The Bertz CT molecular complexity index is 1690. The fraction of sp³-hybridized carbons (Fsp3) is 1.00. The van der Waals surface area contributed by atoms with Crippen LogP contribution in [0.1, 0.15) is 348 Å². The van der Waals surface area contributed by atoms with E-state index in [1.807, 2.05) is 0 Å². The lowest BCUT2D eigenvalue weighted by atomic mass is 10.0. The fourth-order valence-corrected chi connectivity index (χ4v) is 18.2. The average Bonchev–Trinajstić information content (AvgIpc) is 0.793. The minimum Gasteiger partial charge on any atom is -0.395 e. The SMILES string of the molecule is CCCCCCCCCCCCCCCCCCN(CCO)CCCN(CCO)CCO.CCCCCCCCCCCCCCCCCCN(CCO)CCCN(CCO)CCO.CCCCCCCCCCCCCCCCCCN(CCO)CCCN(CCO)CCO.F.F.F.O=P1(O)OP(=O)(O)OP(=O)(O)O1. The van der Waals surface area contributed by atoms with Crippen LogP contribution in [-0.2, 0) is 26.6 Å². The second kappa shape index (κ2) is 95.1. The molecule has 0 spiro atoms. The molecular formula is C81H180F3N6O18P3. The highest BCUT2D eigenvalue weighted by Gasteiger charge is 2.52. The molecule has 1 rings (SSSR count). The summed E-state index contributed by atoms with van der Waals surface area (Å²) in [5.41, 5.74) is 0. The minimum atomic E-state index is -4.98. The number of nitrogens with zero attached hydrogens (tertiary/aromatic N) is 6. The lowest BCUT2D eigenvalue weighted by molar-refractivity contribution is 0.147. The maximum Gasteiger partial charge on any atom is 0.490 e. The molecule has 1 aliphatic heterocycles. The Morgan fingerprint density at radius 2 is 0.270 bits per heavy atom. The minimum absolute atomic E-state index is 0. The number of rotatable bonds is 81. The Kier molecular flexibility index (Phi) is 104. The van der Waals surface area contributed by atoms with Gasteiger partial charge in [-0.05, 0) is 97.4 Å². The Morgan fingerprint density at radius 1 is 0.171 bits per heavy atom. The van der Waals surface area contributed by atoms with E-state index in [2.05, 4.69) is 63.1 Å². The third kappa shape index (κ3) is 93.4. The van der Waals surface area contributed by atoms with Gasteiger partial charge in [0.15, 0.2) is 0 Å². The normalized spacial score (nSPS) is 16.2. The maximum atomic E-state index is 10.4. The average molecular weight is 1680 g/mol. The third-order valence-corrected chi connectivity index (χ3v) is 25.1. The van der Waals surface area contributed by atoms with E-state index in [4.69, 9.17) is 45.3 Å². The molecule has 111 heavy (non-hydrogen) atoms. The summed E-state index contributed by atoms with van der Waals surface area (Å²) in [6.07, 6.45) is 69.9. The number of hydrogen-bond donors (Lipinski definition) is 12. The molecule has 30 heteroatoms. The van der Waals surface area contributed by atoms with Gasteiger partial charge in [-0.15, -0.1) is 0 Å². The van der Waals surface area contributed by atoms with Crippen LogP contribution in [0, 0.1) is 0 Å². The van der Waals surface area contributed by atoms with Crippen molar-refractivity contribution in [1.82, 2.24) is 29.4 Å². The molecule has 0 unspecified atom stereocenters. The van der Waals surface area contributed by atoms with Crippen molar-refractivity contribution in [2.24, 2.45) is 0 Å². The van der Waals surface area contributed by atoms with E-state index < -0.39 is 23.5 Å². The molecule has 0 aromatic rings. The van der Waals surface area contributed by atoms with Crippen molar-refractivity contribution < 1.29 is 101 Å². The molecule has 24 nitrogen and oxygen atoms in total. The van der Waals surface area contributed by atoms with Crippen molar-refractivity contribution >= 4 is 23.5 Å². The molecule has 0 saturated carbocycles. The first-order valence-electron chi connectivity index (χ1n) is 44.4. The summed E-state index contributed by atoms with van der Waals surface area (Å²) < 4.78 is 41.6. The zero-order chi connectivity index (χ0) is 80.2. The summed E-state index contributed by atoms with van der Waals surface area (Å²) in [4.78, 5) is 38.6. The molecule has 0 aliphatic carbocycles. The van der Waals surface area contributed by atoms with Crippen LogP contribution in [0.15, 0.2) is 0 Å². The highest BCUT2D eigenvalue weighted by atomic mass is 31.3. The van der Waals surface area contributed by atoms with Crippen LogP contribution in [0.4, 0.5) is 14.1 Å². The molecule has 1 aliphatic rings. The van der Waals surface area contributed by atoms with Crippen LogP contribution in [0.2, 0.25) is 0 Å². The molecular weight excluding hydrogens is 1490 g/mol. The van der Waals surface area contributed by atoms with Crippen LogP contribution >= 0.6 is 23.5 Å². The van der Waals surface area contributed by atoms with Gasteiger partial charge < -0.3 is 75.3 Å². The van der Waals surface area contributed by atoms with Gasteiger partial charge in [0.1, 0.15) is 0 Å². The number of aliphatic hydroxyl groups is 9. The van der Waals surface area contributed by atoms with Gasteiger partial charge >= 0.3 is 23.5 Å². The lowest BCUT2D eigenvalue weighted by Gasteiger charge is -2.24. The van der Waals surface area contributed by atoms with E-state index in [1.54, 1.807) is 0 Å². The standard InChI is InChI=1S/3C27H58N2O3.3FH.H3O9P3/c3*1-2-3-4-5-6-7-8-9-10-11-12-13-14-15-16-17-19-28(22-25-30)20-18-21-29(23-26-31)24-27-32;;;;1-10(2)7-11(3,4)9-12(5,6)8-10/h3*30-32H,2-27H2,1H3;3*1H;(H,1,2)(H,3,4)(H,5,6). The highest BCUT2D eigenvalue weighted by Crippen LogP contribution is 2.78. The summed E-state index contributed by atoms with van der Waals surface area (Å²) in [5.74, 6) is 0. The van der Waals surface area contributed by atoms with Crippen LogP contribution in [0.5, 0.6) is 0 Å². The first-order chi connectivity index (χ1) is 52.5. The predicted molar refractivity (Wildman–Crippen MR) is 455 cm³/mol. The smallest absolute Gasteiger partial charge is 0.395 e. The number of phosphoric acid groups is 3. The molecule has 0 amide bonds. The van der Waals surface area contributed by atoms with Crippen molar-refractivity contribution in [1.29, 1.82) is 0 Å². The maximum absolute atomic E-state index is 10.4. The Morgan fingerprint density at radius 3 is 0.387 bits per heavy atom. The van der Waals surface area contributed by atoms with Crippen LogP contribution in [-0.4, -0.2) is 267 Å². The molecule has 0 radical (unpaired) electrons. The monoisotopic (exact) mass is 1680 g/mol. The van der Waals surface area contributed by atoms with Gasteiger partial charge in [0.05, 0.1) is 59.5 Å². The zero-order valence-corrected chi connectivity index (χ0v) is 73.9. The molecule has 12 N–H and O–H groups in total. The lowest BCUT2D eigenvalue weighted by Crippen LogP contribution is -2.35. The van der Waals surface area contributed by atoms with Crippen LogP contribution < -0.4 is 0 Å². The van der Waals surface area contributed by atoms with E-state index >= 15 is 0 Å². The van der Waals surface area contributed by atoms with Gasteiger partial charge in [0, 0.05) is 58.9 Å². The van der Waals surface area contributed by atoms with E-state index in [1.165, 1.54) is 308 Å². The van der Waals surface area contributed by atoms with Gasteiger partial charge in [-0.2, -0.15) is 12.9 Å². The van der Waals surface area contributed by atoms with Gasteiger partial charge in [-0.1, -0.05) is 310 Å². The van der Waals surface area contributed by atoms with Crippen molar-refractivity contribution in [3.63, 3.8) is 0 Å². The molecule has 0 atom stereocenters. The second-order valence-electron chi connectivity index (χ2n) is 30.2. The summed E-state index contributed by atoms with van der Waals surface area (Å²) in [6, 6.07) is 0. The predicted octanol–water partition coefficient (Wildman–Crippen LogP) is 16.5. The Balaban J connectivity index is -0.000000341. The molecule has 0 bridgehead atoms. The third-order valence-electron chi connectivity index (χ3n) is 20.2. The van der Waals surface area contributed by atoms with Crippen LogP contribution in [0.3, 0.4) is 0 Å². The van der Waals surface area contributed by atoms with Crippen molar-refractivity contribution in [3.05, 3.63) is 0 Å². The first-order valence-corrected chi connectivity index (χ1v) is 48.9. The van der Waals surface area contributed by atoms with E-state index in [0.717, 1.165) is 97.8 Å². The summed E-state index contributed by atoms with van der Waals surface area (Å²) in [5, 5.41) is 82.6. The summed E-state index contributed by atoms with van der Waals surface area (Å²) in [6.45, 7) is 23.1. The van der Waals surface area contributed by atoms with E-state index in [0.29, 0.717) is 39.3 Å². The first kappa shape index (κ1) is 121. The quantitative estimate of drug-likeness (QED) is 0.0199. The van der Waals surface area contributed by atoms with Gasteiger partial charge in [-0.25, -0.2) is 13.7 Å². The molecule has 0 aromatic heterocycles. The van der Waals surface area contributed by atoms with Crippen molar-refractivity contribution in [3.8, 4) is 0 Å².